The maximum atomic E-state index is 8.88. The zero-order valence-electron chi connectivity index (χ0n) is 8.61. The standard InChI is InChI=1S/C9H14N4S/c1-6(2)5-13-8(11)7(4-10)9(12-13)14-3/h6H,5,11H2,1-3H3. The molecule has 0 aliphatic rings. The summed E-state index contributed by atoms with van der Waals surface area (Å²) < 4.78 is 1.70. The maximum Gasteiger partial charge on any atom is 0.140 e. The van der Waals surface area contributed by atoms with E-state index in [1.807, 2.05) is 6.26 Å². The fraction of sp³-hybridized carbons (Fsp3) is 0.556. The molecule has 14 heavy (non-hydrogen) atoms. The molecule has 0 aliphatic carbocycles. The van der Waals surface area contributed by atoms with E-state index in [4.69, 9.17) is 11.0 Å². The number of hydrogen-bond acceptors (Lipinski definition) is 4. The van der Waals surface area contributed by atoms with Crippen LogP contribution in [0.2, 0.25) is 0 Å². The van der Waals surface area contributed by atoms with Gasteiger partial charge in [-0.2, -0.15) is 10.4 Å². The van der Waals surface area contributed by atoms with E-state index in [0.717, 1.165) is 6.54 Å². The van der Waals surface area contributed by atoms with E-state index in [1.165, 1.54) is 11.8 Å². The van der Waals surface area contributed by atoms with Crippen LogP contribution in [0.4, 0.5) is 5.82 Å². The van der Waals surface area contributed by atoms with Crippen molar-refractivity contribution in [2.24, 2.45) is 5.92 Å². The molecule has 0 radical (unpaired) electrons. The first kappa shape index (κ1) is 10.9. The Kier molecular flexibility index (Phi) is 3.42. The molecule has 0 aromatic carbocycles. The Hall–Kier alpha value is -1.15. The number of thioether (sulfide) groups is 1. The summed E-state index contributed by atoms with van der Waals surface area (Å²) in [4.78, 5) is 0. The molecule has 0 fully saturated rings. The largest absolute Gasteiger partial charge is 0.383 e. The number of nitrogens with two attached hydrogens (primary N) is 1. The first-order chi connectivity index (χ1) is 6.60. The van der Waals surface area contributed by atoms with Crippen LogP contribution in [0.3, 0.4) is 0 Å². The smallest absolute Gasteiger partial charge is 0.140 e. The fourth-order valence-electron chi connectivity index (χ4n) is 1.19. The number of hydrogen-bond donors (Lipinski definition) is 1. The summed E-state index contributed by atoms with van der Waals surface area (Å²) in [6.45, 7) is 4.93. The lowest BCUT2D eigenvalue weighted by Crippen LogP contribution is -2.09. The summed E-state index contributed by atoms with van der Waals surface area (Å²) in [6, 6.07) is 2.08. The molecule has 0 aliphatic heterocycles. The number of aromatic nitrogens is 2. The van der Waals surface area contributed by atoms with Gasteiger partial charge >= 0.3 is 0 Å². The van der Waals surface area contributed by atoms with Crippen molar-refractivity contribution < 1.29 is 0 Å². The average molecular weight is 210 g/mol. The Morgan fingerprint density at radius 2 is 2.29 bits per heavy atom. The minimum absolute atomic E-state index is 0.471. The Balaban J connectivity index is 3.09. The minimum atomic E-state index is 0.471. The van der Waals surface area contributed by atoms with Crippen LogP contribution in [0.1, 0.15) is 19.4 Å². The highest BCUT2D eigenvalue weighted by molar-refractivity contribution is 7.98. The quantitative estimate of drug-likeness (QED) is 0.771. The molecule has 76 valence electrons. The summed E-state index contributed by atoms with van der Waals surface area (Å²) >= 11 is 1.45. The third-order valence-corrected chi connectivity index (χ3v) is 2.48. The van der Waals surface area contributed by atoms with Gasteiger partial charge < -0.3 is 5.73 Å². The maximum absolute atomic E-state index is 8.88. The van der Waals surface area contributed by atoms with E-state index in [9.17, 15) is 0 Å². The molecule has 1 aromatic heterocycles. The normalized spacial score (nSPS) is 10.5. The molecule has 0 spiro atoms. The molecule has 1 heterocycles. The van der Waals surface area contributed by atoms with Crippen LogP contribution >= 0.6 is 11.8 Å². The minimum Gasteiger partial charge on any atom is -0.383 e. The van der Waals surface area contributed by atoms with Crippen LogP contribution in [0.15, 0.2) is 5.03 Å². The average Bonchev–Trinajstić information content (AvgIpc) is 2.42. The number of nitriles is 1. The van der Waals surface area contributed by atoms with Gasteiger partial charge in [-0.1, -0.05) is 13.8 Å². The molecule has 0 atom stereocenters. The molecule has 0 unspecified atom stereocenters. The third-order valence-electron chi connectivity index (χ3n) is 1.80. The van der Waals surface area contributed by atoms with Crippen LogP contribution in [-0.4, -0.2) is 16.0 Å². The molecule has 4 nitrogen and oxygen atoms in total. The molecule has 0 saturated carbocycles. The van der Waals surface area contributed by atoms with Crippen LogP contribution in [-0.2, 0) is 6.54 Å². The van der Waals surface area contributed by atoms with E-state index in [-0.39, 0.29) is 0 Å². The van der Waals surface area contributed by atoms with Gasteiger partial charge in [0.05, 0.1) is 0 Å². The summed E-state index contributed by atoms with van der Waals surface area (Å²) in [6.07, 6.45) is 1.89. The Morgan fingerprint density at radius 3 is 2.64 bits per heavy atom. The summed E-state index contributed by atoms with van der Waals surface area (Å²) in [7, 11) is 0. The van der Waals surface area contributed by atoms with Crippen molar-refractivity contribution in [2.75, 3.05) is 12.0 Å². The van der Waals surface area contributed by atoms with Crippen molar-refractivity contribution in [1.29, 1.82) is 5.26 Å². The van der Waals surface area contributed by atoms with Crippen LogP contribution in [0, 0.1) is 17.2 Å². The number of nitrogens with zero attached hydrogens (tertiary/aromatic N) is 3. The second kappa shape index (κ2) is 4.38. The second-order valence-corrected chi connectivity index (χ2v) is 4.25. The molecule has 1 rings (SSSR count). The third kappa shape index (κ3) is 2.02. The molecule has 0 bridgehead atoms. The highest BCUT2D eigenvalue weighted by atomic mass is 32.2. The SMILES string of the molecule is CSc1nn(CC(C)C)c(N)c1C#N. The molecule has 2 N–H and O–H groups in total. The van der Waals surface area contributed by atoms with Gasteiger partial charge in [0.2, 0.25) is 0 Å². The van der Waals surface area contributed by atoms with Crippen molar-refractivity contribution >= 4 is 17.6 Å². The summed E-state index contributed by atoms with van der Waals surface area (Å²) in [5.74, 6) is 0.948. The molecule has 0 amide bonds. The van der Waals surface area contributed by atoms with Gasteiger partial charge in [0.15, 0.2) is 0 Å². The lowest BCUT2D eigenvalue weighted by Gasteiger charge is -2.05. The van der Waals surface area contributed by atoms with Crippen LogP contribution in [0.5, 0.6) is 0 Å². The molecular formula is C9H14N4S. The van der Waals surface area contributed by atoms with E-state index in [1.54, 1.807) is 4.68 Å². The van der Waals surface area contributed by atoms with Gasteiger partial charge in [0.25, 0.3) is 0 Å². The Labute approximate surface area is 88.1 Å². The highest BCUT2D eigenvalue weighted by Gasteiger charge is 2.14. The highest BCUT2D eigenvalue weighted by Crippen LogP contribution is 2.24. The van der Waals surface area contributed by atoms with Crippen molar-refractivity contribution in [3.63, 3.8) is 0 Å². The predicted molar refractivity (Wildman–Crippen MR) is 58.0 cm³/mol. The first-order valence-electron chi connectivity index (χ1n) is 4.40. The van der Waals surface area contributed by atoms with E-state index in [2.05, 4.69) is 25.0 Å². The first-order valence-corrected chi connectivity index (χ1v) is 5.63. The zero-order chi connectivity index (χ0) is 10.7. The van der Waals surface area contributed by atoms with E-state index in [0.29, 0.717) is 22.3 Å². The topological polar surface area (TPSA) is 67.6 Å². The van der Waals surface area contributed by atoms with Gasteiger partial charge in [-0.15, -0.1) is 11.8 Å². The zero-order valence-corrected chi connectivity index (χ0v) is 9.43. The molecular weight excluding hydrogens is 196 g/mol. The summed E-state index contributed by atoms with van der Waals surface area (Å²) in [5.41, 5.74) is 6.30. The van der Waals surface area contributed by atoms with Crippen molar-refractivity contribution in [3.8, 4) is 6.07 Å². The van der Waals surface area contributed by atoms with E-state index >= 15 is 0 Å². The van der Waals surface area contributed by atoms with Gasteiger partial charge in [0.1, 0.15) is 22.5 Å². The second-order valence-electron chi connectivity index (χ2n) is 3.46. The van der Waals surface area contributed by atoms with Gasteiger partial charge in [-0.3, -0.25) is 0 Å². The van der Waals surface area contributed by atoms with Gasteiger partial charge in [-0.25, -0.2) is 4.68 Å². The Bertz CT molecular complexity index is 362. The lowest BCUT2D eigenvalue weighted by molar-refractivity contribution is 0.482. The number of nitrogen functional groups attached to an aromatic ring is 1. The Morgan fingerprint density at radius 1 is 1.64 bits per heavy atom. The van der Waals surface area contributed by atoms with E-state index < -0.39 is 0 Å². The van der Waals surface area contributed by atoms with Gasteiger partial charge in [-0.05, 0) is 12.2 Å². The van der Waals surface area contributed by atoms with Crippen LogP contribution < -0.4 is 5.73 Å². The van der Waals surface area contributed by atoms with Crippen molar-refractivity contribution in [2.45, 2.75) is 25.4 Å². The monoisotopic (exact) mass is 210 g/mol. The predicted octanol–water partition coefficient (Wildman–Crippen LogP) is 1.71. The number of anilines is 1. The molecule has 5 heteroatoms. The lowest BCUT2D eigenvalue weighted by atomic mass is 10.2. The molecule has 0 saturated heterocycles. The molecule has 1 aromatic rings. The number of rotatable bonds is 3. The fourth-order valence-corrected chi connectivity index (χ4v) is 1.72. The van der Waals surface area contributed by atoms with Gasteiger partial charge in [0, 0.05) is 6.54 Å². The van der Waals surface area contributed by atoms with Crippen molar-refractivity contribution in [1.82, 2.24) is 9.78 Å². The van der Waals surface area contributed by atoms with Crippen LogP contribution in [0.25, 0.3) is 0 Å². The summed E-state index contributed by atoms with van der Waals surface area (Å²) in [5, 5.41) is 13.9. The van der Waals surface area contributed by atoms with Crippen molar-refractivity contribution in [3.05, 3.63) is 5.56 Å².